The highest BCUT2D eigenvalue weighted by atomic mass is 19.4. The number of nitrogens with zero attached hydrogens (tertiary/aromatic N) is 5. The predicted octanol–water partition coefficient (Wildman–Crippen LogP) is 5.68. The van der Waals surface area contributed by atoms with Gasteiger partial charge in [-0.05, 0) is 42.2 Å². The van der Waals surface area contributed by atoms with E-state index in [1.807, 2.05) is 31.3 Å². The maximum absolute atomic E-state index is 14.8. The van der Waals surface area contributed by atoms with Crippen molar-refractivity contribution in [3.05, 3.63) is 78.1 Å². The number of carbonyl (C=O) groups is 1. The summed E-state index contributed by atoms with van der Waals surface area (Å²) in [5, 5.41) is 14.3. The molecule has 3 heterocycles. The molecular weight excluding hydrogens is 530 g/mol. The lowest BCUT2D eigenvalue weighted by Gasteiger charge is -2.14. The number of fused-ring (bicyclic) bond motifs is 1. The first-order chi connectivity index (χ1) is 19.1. The Hall–Kier alpha value is -4.81. The number of para-hydroxylation sites is 1. The quantitative estimate of drug-likeness (QED) is 0.251. The molecule has 1 saturated carbocycles. The van der Waals surface area contributed by atoms with Gasteiger partial charge in [0.25, 0.3) is 0 Å². The van der Waals surface area contributed by atoms with Gasteiger partial charge in [0.1, 0.15) is 11.2 Å². The van der Waals surface area contributed by atoms with Gasteiger partial charge in [0.2, 0.25) is 11.9 Å². The maximum atomic E-state index is 14.8. The van der Waals surface area contributed by atoms with Crippen LogP contribution in [-0.2, 0) is 23.7 Å². The molecule has 3 aromatic heterocycles. The number of aromatic nitrogens is 5. The molecule has 1 aliphatic carbocycles. The number of aryl methyl sites for hydroxylation is 1. The molecule has 0 radical (unpaired) electrons. The van der Waals surface area contributed by atoms with Crippen molar-refractivity contribution in [3.63, 3.8) is 0 Å². The first-order valence-corrected chi connectivity index (χ1v) is 12.3. The second-order valence-electron chi connectivity index (χ2n) is 9.60. The third kappa shape index (κ3) is 4.63. The Balaban J connectivity index is 1.10. The van der Waals surface area contributed by atoms with Gasteiger partial charge >= 0.3 is 6.18 Å². The second kappa shape index (κ2) is 9.43. The van der Waals surface area contributed by atoms with Crippen molar-refractivity contribution in [2.24, 2.45) is 7.05 Å². The van der Waals surface area contributed by atoms with Crippen molar-refractivity contribution in [2.45, 2.75) is 30.9 Å². The van der Waals surface area contributed by atoms with E-state index in [2.05, 4.69) is 30.9 Å². The molecule has 2 aromatic carbocycles. The number of rotatable bonds is 7. The summed E-state index contributed by atoms with van der Waals surface area (Å²) in [4.78, 5) is 21.0. The number of nitrogens with one attached hydrogen (secondary N) is 2. The molecule has 0 bridgehead atoms. The molecule has 0 atom stereocenters. The van der Waals surface area contributed by atoms with E-state index >= 15 is 0 Å². The van der Waals surface area contributed by atoms with Gasteiger partial charge < -0.3 is 15.2 Å². The van der Waals surface area contributed by atoms with E-state index in [0.29, 0.717) is 22.9 Å². The van der Waals surface area contributed by atoms with Gasteiger partial charge in [-0.1, -0.05) is 29.4 Å². The molecule has 0 saturated heterocycles. The topological polar surface area (TPSA) is 111 Å². The molecule has 0 spiro atoms. The molecule has 1 aliphatic rings. The summed E-state index contributed by atoms with van der Waals surface area (Å²) in [6, 6.07) is 13.1. The van der Waals surface area contributed by atoms with Gasteiger partial charge in [-0.3, -0.25) is 9.48 Å². The first kappa shape index (κ1) is 25.5. The number of amides is 1. The lowest BCUT2D eigenvalue weighted by Crippen LogP contribution is -2.28. The minimum Gasteiger partial charge on any atom is -0.358 e. The minimum atomic E-state index is -4.46. The first-order valence-electron chi connectivity index (χ1n) is 12.3. The van der Waals surface area contributed by atoms with Crippen LogP contribution < -0.4 is 10.6 Å². The van der Waals surface area contributed by atoms with Crippen molar-refractivity contribution in [3.8, 4) is 11.1 Å². The number of anilines is 3. The molecule has 2 N–H and O–H groups in total. The number of carbonyl (C=O) groups excluding carboxylic acids is 1. The standard InChI is InChI=1S/C27H21F4N7O2/c1-38-20-5-3-2-4-18(20)24(36-38)35-25-32-13-17(14-33-25)15-6-7-16(19(28)10-15)11-23(39)34-22-12-21(40-37-22)26(8-9-26)27(29,30)31/h2-7,10,12-14H,8-9,11H2,1H3,(H,34,37,39)(H,32,33,35,36). The van der Waals surface area contributed by atoms with Crippen molar-refractivity contribution in [1.29, 1.82) is 0 Å². The van der Waals surface area contributed by atoms with Gasteiger partial charge in [0.05, 0.1) is 11.9 Å². The van der Waals surface area contributed by atoms with E-state index in [0.717, 1.165) is 17.0 Å². The van der Waals surface area contributed by atoms with E-state index in [1.165, 1.54) is 24.5 Å². The zero-order valence-electron chi connectivity index (χ0n) is 21.0. The molecule has 1 amide bonds. The van der Waals surface area contributed by atoms with E-state index in [1.54, 1.807) is 10.7 Å². The largest absolute Gasteiger partial charge is 0.401 e. The zero-order valence-corrected chi connectivity index (χ0v) is 21.0. The number of hydrogen-bond acceptors (Lipinski definition) is 7. The Kier molecular flexibility index (Phi) is 6.01. The lowest BCUT2D eigenvalue weighted by atomic mass is 10.0. The number of halogens is 4. The Bertz CT molecular complexity index is 1720. The molecule has 1 fully saturated rings. The van der Waals surface area contributed by atoms with Crippen LogP contribution in [0.1, 0.15) is 24.2 Å². The highest BCUT2D eigenvalue weighted by Crippen LogP contribution is 2.59. The van der Waals surface area contributed by atoms with Gasteiger partial charge in [0.15, 0.2) is 17.4 Å². The summed E-state index contributed by atoms with van der Waals surface area (Å²) in [6.07, 6.45) is -1.93. The highest BCUT2D eigenvalue weighted by molar-refractivity contribution is 5.92. The van der Waals surface area contributed by atoms with E-state index < -0.39 is 23.3 Å². The highest BCUT2D eigenvalue weighted by Gasteiger charge is 2.66. The molecule has 204 valence electrons. The van der Waals surface area contributed by atoms with Crippen LogP contribution in [-0.4, -0.2) is 37.0 Å². The minimum absolute atomic E-state index is 0.0949. The Morgan fingerprint density at radius 1 is 1.07 bits per heavy atom. The van der Waals surface area contributed by atoms with E-state index in [9.17, 15) is 22.4 Å². The molecule has 6 rings (SSSR count). The third-order valence-electron chi connectivity index (χ3n) is 6.92. The fourth-order valence-corrected chi connectivity index (χ4v) is 4.54. The molecule has 13 heteroatoms. The second-order valence-corrected chi connectivity index (χ2v) is 9.60. The average Bonchev–Trinajstić information content (AvgIpc) is 3.54. The van der Waals surface area contributed by atoms with Crippen molar-refractivity contribution < 1.29 is 26.9 Å². The Morgan fingerprint density at radius 2 is 1.82 bits per heavy atom. The van der Waals surface area contributed by atoms with Crippen LogP contribution in [0, 0.1) is 5.82 Å². The van der Waals surface area contributed by atoms with Crippen molar-refractivity contribution >= 4 is 34.4 Å². The summed E-state index contributed by atoms with van der Waals surface area (Å²) in [5.41, 5.74) is 0.0555. The molecule has 9 nitrogen and oxygen atoms in total. The van der Waals surface area contributed by atoms with E-state index in [4.69, 9.17) is 4.52 Å². The fourth-order valence-electron chi connectivity index (χ4n) is 4.54. The van der Waals surface area contributed by atoms with Crippen LogP contribution in [0.2, 0.25) is 0 Å². The smallest absolute Gasteiger partial charge is 0.358 e. The van der Waals surface area contributed by atoms with Crippen LogP contribution in [0.25, 0.3) is 22.0 Å². The Morgan fingerprint density at radius 3 is 2.52 bits per heavy atom. The molecular formula is C27H21F4N7O2. The molecule has 40 heavy (non-hydrogen) atoms. The lowest BCUT2D eigenvalue weighted by molar-refractivity contribution is -0.165. The van der Waals surface area contributed by atoms with E-state index in [-0.39, 0.29) is 36.4 Å². The van der Waals surface area contributed by atoms with Gasteiger partial charge in [0, 0.05) is 36.5 Å². The van der Waals surface area contributed by atoms with Crippen molar-refractivity contribution in [1.82, 2.24) is 24.9 Å². The third-order valence-corrected chi connectivity index (χ3v) is 6.92. The Labute approximate surface area is 224 Å². The summed E-state index contributed by atoms with van der Waals surface area (Å²) < 4.78 is 61.2. The normalized spacial score (nSPS) is 14.3. The fraction of sp³-hybridized carbons (Fsp3) is 0.222. The predicted molar refractivity (Wildman–Crippen MR) is 137 cm³/mol. The summed E-state index contributed by atoms with van der Waals surface area (Å²) in [6.45, 7) is 0. The van der Waals surface area contributed by atoms with Crippen LogP contribution in [0.15, 0.2) is 65.4 Å². The summed E-state index contributed by atoms with van der Waals surface area (Å²) >= 11 is 0. The van der Waals surface area contributed by atoms with Gasteiger partial charge in [-0.15, -0.1) is 0 Å². The maximum Gasteiger partial charge on any atom is 0.401 e. The average molecular weight is 552 g/mol. The van der Waals surface area contributed by atoms with Crippen LogP contribution in [0.4, 0.5) is 35.1 Å². The molecule has 0 aliphatic heterocycles. The van der Waals surface area contributed by atoms with Crippen LogP contribution in [0.5, 0.6) is 0 Å². The van der Waals surface area contributed by atoms with Gasteiger partial charge in [-0.25, -0.2) is 14.4 Å². The number of hydrogen-bond donors (Lipinski definition) is 2. The SMILES string of the molecule is Cn1nc(Nc2ncc(-c3ccc(CC(=O)Nc4cc(C5(C(F)(F)F)CC5)on4)c(F)c3)cn2)c2ccccc21. The molecule has 5 aromatic rings. The van der Waals surface area contributed by atoms with Crippen LogP contribution >= 0.6 is 0 Å². The summed E-state index contributed by atoms with van der Waals surface area (Å²) in [7, 11) is 1.84. The monoisotopic (exact) mass is 551 g/mol. The summed E-state index contributed by atoms with van der Waals surface area (Å²) in [5.74, 6) is -0.859. The number of benzene rings is 2. The van der Waals surface area contributed by atoms with Crippen molar-refractivity contribution in [2.75, 3.05) is 10.6 Å². The van der Waals surface area contributed by atoms with Gasteiger partial charge in [-0.2, -0.15) is 18.3 Å². The zero-order chi connectivity index (χ0) is 28.1. The number of alkyl halides is 3. The van der Waals surface area contributed by atoms with Crippen LogP contribution in [0.3, 0.4) is 0 Å². The molecule has 0 unspecified atom stereocenters.